The minimum atomic E-state index is -3.59. The zero-order valence-corrected chi connectivity index (χ0v) is 13.3. The maximum absolute atomic E-state index is 11.8. The fourth-order valence-electron chi connectivity index (χ4n) is 1.74. The highest BCUT2D eigenvalue weighted by Crippen LogP contribution is 2.22. The van der Waals surface area contributed by atoms with E-state index in [-0.39, 0.29) is 18.6 Å². The average Bonchev–Trinajstić information content (AvgIpc) is 2.46. The quantitative estimate of drug-likeness (QED) is 0.714. The van der Waals surface area contributed by atoms with Crippen LogP contribution in [-0.4, -0.2) is 46.0 Å². The molecule has 0 fully saturated rings. The second-order valence-corrected chi connectivity index (χ2v) is 6.70. The number of sulfone groups is 1. The van der Waals surface area contributed by atoms with E-state index in [2.05, 4.69) is 10.1 Å². The van der Waals surface area contributed by atoms with Crippen molar-refractivity contribution in [2.75, 3.05) is 31.0 Å². The van der Waals surface area contributed by atoms with E-state index in [0.717, 1.165) is 0 Å². The lowest BCUT2D eigenvalue weighted by atomic mass is 10.3. The number of benzene rings is 1. The second kappa shape index (κ2) is 8.38. The van der Waals surface area contributed by atoms with Crippen LogP contribution in [0.5, 0.6) is 5.75 Å². The Labute approximate surface area is 129 Å². The molecule has 0 spiro atoms. The second-order valence-electron chi connectivity index (χ2n) is 4.52. The van der Waals surface area contributed by atoms with Gasteiger partial charge in [0.1, 0.15) is 11.5 Å². The number of nitrogens with one attached hydrogen (secondary N) is 1. The van der Waals surface area contributed by atoms with Crippen LogP contribution >= 0.6 is 0 Å². The summed E-state index contributed by atoms with van der Waals surface area (Å²) in [5.74, 6) is -1.58. The smallest absolute Gasteiger partial charge is 0.305 e. The van der Waals surface area contributed by atoms with E-state index < -0.39 is 27.5 Å². The first-order valence-electron chi connectivity index (χ1n) is 6.58. The third-order valence-electron chi connectivity index (χ3n) is 2.80. The lowest BCUT2D eigenvalue weighted by molar-refractivity contribution is -0.140. The Morgan fingerprint density at radius 1 is 1.18 bits per heavy atom. The van der Waals surface area contributed by atoms with E-state index in [9.17, 15) is 18.0 Å². The number of ether oxygens (including phenoxy) is 2. The maximum atomic E-state index is 11.8. The van der Waals surface area contributed by atoms with Gasteiger partial charge in [-0.25, -0.2) is 8.42 Å². The molecule has 0 aromatic heterocycles. The number of carbonyl (C=O) groups excluding carboxylic acids is 2. The molecule has 1 N–H and O–H groups in total. The van der Waals surface area contributed by atoms with Gasteiger partial charge < -0.3 is 14.8 Å². The van der Waals surface area contributed by atoms with Crippen molar-refractivity contribution in [1.29, 1.82) is 0 Å². The van der Waals surface area contributed by atoms with Crippen molar-refractivity contribution < 1.29 is 27.5 Å². The lowest BCUT2D eigenvalue weighted by Crippen LogP contribution is -2.25. The highest BCUT2D eigenvalue weighted by atomic mass is 32.2. The normalized spacial score (nSPS) is 10.8. The van der Waals surface area contributed by atoms with Crippen LogP contribution in [0.3, 0.4) is 0 Å². The van der Waals surface area contributed by atoms with Gasteiger partial charge in [-0.15, -0.1) is 0 Å². The molecule has 1 aromatic carbocycles. The number of amides is 1. The fraction of sp³-hybridized carbons (Fsp3) is 0.429. The van der Waals surface area contributed by atoms with Crippen LogP contribution < -0.4 is 10.1 Å². The minimum Gasteiger partial charge on any atom is -0.495 e. The topological polar surface area (TPSA) is 98.8 Å². The van der Waals surface area contributed by atoms with Crippen LogP contribution in [-0.2, 0) is 24.2 Å². The van der Waals surface area contributed by atoms with Crippen molar-refractivity contribution >= 4 is 27.4 Å². The SMILES string of the molecule is COC(=O)CCCS(=O)(=O)CC(=O)Nc1ccccc1OC. The zero-order valence-electron chi connectivity index (χ0n) is 12.5. The lowest BCUT2D eigenvalue weighted by Gasteiger charge is -2.10. The van der Waals surface area contributed by atoms with Crippen molar-refractivity contribution in [1.82, 2.24) is 0 Å². The summed E-state index contributed by atoms with van der Waals surface area (Å²) in [7, 11) is -0.898. The number of carbonyl (C=O) groups is 2. The van der Waals surface area contributed by atoms with E-state index in [4.69, 9.17) is 4.74 Å². The van der Waals surface area contributed by atoms with Crippen molar-refractivity contribution in [3.63, 3.8) is 0 Å². The molecule has 0 atom stereocenters. The summed E-state index contributed by atoms with van der Waals surface area (Å²) in [5.41, 5.74) is 0.403. The summed E-state index contributed by atoms with van der Waals surface area (Å²) in [5, 5.41) is 2.49. The number of methoxy groups -OCH3 is 2. The monoisotopic (exact) mass is 329 g/mol. The van der Waals surface area contributed by atoms with Gasteiger partial charge in [0.25, 0.3) is 0 Å². The molecule has 1 amide bonds. The van der Waals surface area contributed by atoms with Crippen LogP contribution in [0.2, 0.25) is 0 Å². The Morgan fingerprint density at radius 2 is 1.86 bits per heavy atom. The number of rotatable bonds is 8. The minimum absolute atomic E-state index is 0.00383. The van der Waals surface area contributed by atoms with Crippen LogP contribution in [0, 0.1) is 0 Å². The molecular weight excluding hydrogens is 310 g/mol. The summed E-state index contributed by atoms with van der Waals surface area (Å²) in [6.45, 7) is 0. The molecule has 0 radical (unpaired) electrons. The summed E-state index contributed by atoms with van der Waals surface area (Å²) >= 11 is 0. The zero-order chi connectivity index (χ0) is 16.6. The van der Waals surface area contributed by atoms with Gasteiger partial charge in [0, 0.05) is 6.42 Å². The van der Waals surface area contributed by atoms with Gasteiger partial charge in [-0.3, -0.25) is 9.59 Å². The van der Waals surface area contributed by atoms with E-state index in [1.54, 1.807) is 24.3 Å². The molecule has 122 valence electrons. The van der Waals surface area contributed by atoms with Gasteiger partial charge in [-0.05, 0) is 18.6 Å². The molecule has 22 heavy (non-hydrogen) atoms. The molecular formula is C14H19NO6S. The van der Waals surface area contributed by atoms with Gasteiger partial charge >= 0.3 is 5.97 Å². The van der Waals surface area contributed by atoms with E-state index >= 15 is 0 Å². The first kappa shape index (κ1) is 18.0. The average molecular weight is 329 g/mol. The third kappa shape index (κ3) is 6.13. The van der Waals surface area contributed by atoms with Gasteiger partial charge in [0.2, 0.25) is 5.91 Å². The number of hydrogen-bond donors (Lipinski definition) is 1. The highest BCUT2D eigenvalue weighted by molar-refractivity contribution is 7.92. The predicted octanol–water partition coefficient (Wildman–Crippen LogP) is 1.00. The van der Waals surface area contributed by atoms with Crippen LogP contribution in [0.4, 0.5) is 5.69 Å². The van der Waals surface area contributed by atoms with Crippen LogP contribution in [0.25, 0.3) is 0 Å². The largest absolute Gasteiger partial charge is 0.495 e. The third-order valence-corrected chi connectivity index (χ3v) is 4.41. The summed E-state index contributed by atoms with van der Waals surface area (Å²) in [6.07, 6.45) is 0.126. The first-order chi connectivity index (χ1) is 10.4. The van der Waals surface area contributed by atoms with Crippen molar-refractivity contribution in [3.05, 3.63) is 24.3 Å². The molecule has 0 aliphatic rings. The molecule has 1 rings (SSSR count). The molecule has 0 saturated carbocycles. The highest BCUT2D eigenvalue weighted by Gasteiger charge is 2.18. The number of para-hydroxylation sites is 2. The summed E-state index contributed by atoms with van der Waals surface area (Å²) < 4.78 is 33.1. The molecule has 0 unspecified atom stereocenters. The molecule has 0 heterocycles. The van der Waals surface area contributed by atoms with Gasteiger partial charge in [0.05, 0.1) is 25.7 Å². The van der Waals surface area contributed by atoms with E-state index in [0.29, 0.717) is 11.4 Å². The molecule has 7 nitrogen and oxygen atoms in total. The Kier molecular flexibility index (Phi) is 6.84. The molecule has 0 aliphatic carbocycles. The van der Waals surface area contributed by atoms with Gasteiger partial charge in [0.15, 0.2) is 9.84 Å². The Balaban J connectivity index is 2.54. The molecule has 8 heteroatoms. The first-order valence-corrected chi connectivity index (χ1v) is 8.40. The molecule has 1 aromatic rings. The summed E-state index contributed by atoms with van der Waals surface area (Å²) in [4.78, 5) is 22.7. The van der Waals surface area contributed by atoms with Gasteiger partial charge in [-0.1, -0.05) is 12.1 Å². The van der Waals surface area contributed by atoms with Crippen LogP contribution in [0.15, 0.2) is 24.3 Å². The predicted molar refractivity (Wildman–Crippen MR) is 81.5 cm³/mol. The van der Waals surface area contributed by atoms with Crippen LogP contribution in [0.1, 0.15) is 12.8 Å². The molecule has 0 aliphatic heterocycles. The molecule has 0 saturated heterocycles. The standard InChI is InChI=1S/C14H19NO6S/c1-20-12-7-4-3-6-11(12)15-13(16)10-22(18,19)9-5-8-14(17)21-2/h3-4,6-7H,5,8-10H2,1-2H3,(H,15,16). The fourth-order valence-corrected chi connectivity index (χ4v) is 2.94. The number of hydrogen-bond acceptors (Lipinski definition) is 6. The van der Waals surface area contributed by atoms with Gasteiger partial charge in [-0.2, -0.15) is 0 Å². The van der Waals surface area contributed by atoms with Crippen molar-refractivity contribution in [2.24, 2.45) is 0 Å². The summed E-state index contributed by atoms with van der Waals surface area (Å²) in [6, 6.07) is 6.70. The van der Waals surface area contributed by atoms with Crippen molar-refractivity contribution in [2.45, 2.75) is 12.8 Å². The van der Waals surface area contributed by atoms with E-state index in [1.165, 1.54) is 14.2 Å². The maximum Gasteiger partial charge on any atom is 0.305 e. The Morgan fingerprint density at radius 3 is 2.50 bits per heavy atom. The number of anilines is 1. The Hall–Kier alpha value is -2.09. The number of esters is 1. The van der Waals surface area contributed by atoms with Crippen molar-refractivity contribution in [3.8, 4) is 5.75 Å². The van der Waals surface area contributed by atoms with E-state index in [1.807, 2.05) is 0 Å². The Bertz CT molecular complexity index is 626. The molecule has 0 bridgehead atoms.